The minimum absolute atomic E-state index is 0.146. The van der Waals surface area contributed by atoms with Gasteiger partial charge < -0.3 is 18.3 Å². The van der Waals surface area contributed by atoms with Crippen molar-refractivity contribution in [1.82, 2.24) is 8.80 Å². The van der Waals surface area contributed by atoms with Gasteiger partial charge in [-0.1, -0.05) is 97.1 Å². The van der Waals surface area contributed by atoms with Gasteiger partial charge in [-0.25, -0.2) is 9.59 Å². The molecule has 8 nitrogen and oxygen atoms in total. The van der Waals surface area contributed by atoms with Gasteiger partial charge in [0.2, 0.25) is 11.6 Å². The van der Waals surface area contributed by atoms with Crippen molar-refractivity contribution in [3.63, 3.8) is 0 Å². The predicted octanol–water partition coefficient (Wildman–Crippen LogP) is 12.0. The molecule has 0 bridgehead atoms. The van der Waals surface area contributed by atoms with Crippen LogP contribution in [0.5, 0.6) is 0 Å². The fraction of sp³-hybridized carbons (Fsp3) is 0.125. The van der Waals surface area contributed by atoms with Crippen molar-refractivity contribution in [1.29, 1.82) is 0 Å². The summed E-state index contributed by atoms with van der Waals surface area (Å²) >= 11 is 6.08. The fourth-order valence-corrected chi connectivity index (χ4v) is 12.7. The first-order chi connectivity index (χ1) is 29.4. The molecule has 0 aliphatic carbocycles. The van der Waals surface area contributed by atoms with Crippen molar-refractivity contribution in [2.24, 2.45) is 0 Å². The molecule has 6 aromatic heterocycles. The lowest BCUT2D eigenvalue weighted by atomic mass is 10.1. The number of carbonyl (C=O) groups is 4. The van der Waals surface area contributed by atoms with E-state index >= 15 is 0 Å². The third-order valence-electron chi connectivity index (χ3n) is 10.2. The highest BCUT2D eigenvalue weighted by Gasteiger charge is 2.31. The van der Waals surface area contributed by atoms with E-state index in [4.69, 9.17) is 9.47 Å². The van der Waals surface area contributed by atoms with E-state index in [9.17, 15) is 19.2 Å². The summed E-state index contributed by atoms with van der Waals surface area (Å²) in [5, 5.41) is 1.21. The standard InChI is InChI=1S/C48H36N2O6S4/c1-3-55-45(53)35-33-23-13-15-25-49(33)39-37(35)43(41(51)29-17-7-5-8-18-29)59-47(39)57-27-31-21-11-12-22-32(31)28-58-48-40-38(44(60-48)42(52)30-19-9-6-10-20-30)36(46(54)56-4-2)34-24-14-16-26-50(34)40/h5-26H,3-4,27-28H2,1-2H3. The molecule has 9 aromatic rings. The van der Waals surface area contributed by atoms with Gasteiger partial charge in [0.1, 0.15) is 0 Å². The summed E-state index contributed by atoms with van der Waals surface area (Å²) in [5.74, 6) is -0.0236. The molecule has 0 aliphatic heterocycles. The zero-order valence-corrected chi connectivity index (χ0v) is 35.8. The molecule has 0 amide bonds. The molecule has 0 saturated heterocycles. The number of rotatable bonds is 14. The van der Waals surface area contributed by atoms with Gasteiger partial charge >= 0.3 is 11.9 Å². The van der Waals surface area contributed by atoms with Crippen LogP contribution in [0.15, 0.2) is 142 Å². The van der Waals surface area contributed by atoms with Crippen LogP contribution in [-0.4, -0.2) is 45.5 Å². The van der Waals surface area contributed by atoms with Gasteiger partial charge in [0.15, 0.2) is 0 Å². The highest BCUT2D eigenvalue weighted by Crippen LogP contribution is 2.47. The van der Waals surface area contributed by atoms with Gasteiger partial charge in [0.05, 0.1) is 64.6 Å². The summed E-state index contributed by atoms with van der Waals surface area (Å²) in [6, 6.07) is 38.0. The van der Waals surface area contributed by atoms with E-state index in [1.807, 2.05) is 106 Å². The maximum absolute atomic E-state index is 14.2. The zero-order chi connectivity index (χ0) is 41.3. The molecule has 0 fully saturated rings. The van der Waals surface area contributed by atoms with Crippen LogP contribution in [0.4, 0.5) is 0 Å². The number of hydrogen-bond donors (Lipinski definition) is 0. The summed E-state index contributed by atoms with van der Waals surface area (Å²) in [5.41, 5.74) is 7.09. The van der Waals surface area contributed by atoms with Gasteiger partial charge in [-0.15, -0.1) is 46.2 Å². The lowest BCUT2D eigenvalue weighted by Gasteiger charge is -2.09. The average molecular weight is 865 g/mol. The molecule has 0 aliphatic rings. The first-order valence-corrected chi connectivity index (χ1v) is 23.0. The van der Waals surface area contributed by atoms with Gasteiger partial charge in [0.25, 0.3) is 0 Å². The molecule has 9 rings (SSSR count). The van der Waals surface area contributed by atoms with Crippen LogP contribution in [-0.2, 0) is 21.0 Å². The Morgan fingerprint density at radius 3 is 1.30 bits per heavy atom. The molecule has 0 spiro atoms. The molecule has 12 heteroatoms. The van der Waals surface area contributed by atoms with Crippen LogP contribution < -0.4 is 0 Å². The third kappa shape index (κ3) is 7.02. The average Bonchev–Trinajstić information content (AvgIpc) is 4.03. The Morgan fingerprint density at radius 1 is 0.517 bits per heavy atom. The Balaban J connectivity index is 1.10. The SMILES string of the molecule is CCOC(=O)c1c2c(C(=O)c3ccccc3)sc(SCc3ccccc3CSc3sc(C(=O)c4ccccc4)c4c(C(=O)OCC)c5ccccn5c34)c2n2ccccc12. The lowest BCUT2D eigenvalue weighted by Crippen LogP contribution is -2.06. The summed E-state index contributed by atoms with van der Waals surface area (Å²) in [6.45, 7) is 3.98. The molecule has 298 valence electrons. The number of fused-ring (bicyclic) bond motifs is 6. The number of thioether (sulfide) groups is 2. The molecule has 0 saturated carbocycles. The molecule has 0 atom stereocenters. The van der Waals surface area contributed by atoms with E-state index in [0.717, 1.165) is 30.6 Å². The largest absolute Gasteiger partial charge is 0.462 e. The Bertz CT molecular complexity index is 2900. The molecule has 0 unspecified atom stereocenters. The van der Waals surface area contributed by atoms with Crippen molar-refractivity contribution < 1.29 is 28.7 Å². The summed E-state index contributed by atoms with van der Waals surface area (Å²) in [7, 11) is 0. The molecular weight excluding hydrogens is 829 g/mol. The number of aromatic nitrogens is 2. The number of nitrogens with zero attached hydrogens (tertiary/aromatic N) is 2. The number of ketones is 2. The van der Waals surface area contributed by atoms with Crippen LogP contribution in [0.25, 0.3) is 32.8 Å². The summed E-state index contributed by atoms with van der Waals surface area (Å²) < 4.78 is 16.9. The van der Waals surface area contributed by atoms with Crippen molar-refractivity contribution in [3.8, 4) is 0 Å². The van der Waals surface area contributed by atoms with E-state index in [1.165, 1.54) is 22.7 Å². The molecular formula is C48H36N2O6S4. The number of esters is 2. The second-order valence-electron chi connectivity index (χ2n) is 13.7. The second-order valence-corrected chi connectivity index (χ2v) is 18.3. The van der Waals surface area contributed by atoms with Crippen molar-refractivity contribution in [2.75, 3.05) is 13.2 Å². The number of pyridine rings is 2. The normalized spacial score (nSPS) is 11.5. The Morgan fingerprint density at radius 2 is 0.900 bits per heavy atom. The lowest BCUT2D eigenvalue weighted by molar-refractivity contribution is 0.0521. The first kappa shape index (κ1) is 39.5. The van der Waals surface area contributed by atoms with Crippen LogP contribution in [0.2, 0.25) is 0 Å². The molecule has 0 radical (unpaired) electrons. The van der Waals surface area contributed by atoms with E-state index in [-0.39, 0.29) is 24.8 Å². The van der Waals surface area contributed by atoms with Crippen LogP contribution in [0.3, 0.4) is 0 Å². The monoisotopic (exact) mass is 864 g/mol. The van der Waals surface area contributed by atoms with Gasteiger partial charge in [0, 0.05) is 45.8 Å². The minimum atomic E-state index is -0.462. The van der Waals surface area contributed by atoms with Gasteiger partial charge in [-0.3, -0.25) is 9.59 Å². The maximum atomic E-state index is 14.2. The van der Waals surface area contributed by atoms with Gasteiger partial charge in [-0.2, -0.15) is 0 Å². The molecule has 6 heterocycles. The van der Waals surface area contributed by atoms with Crippen LogP contribution in [0.1, 0.15) is 76.2 Å². The van der Waals surface area contributed by atoms with Crippen LogP contribution in [0, 0.1) is 0 Å². The van der Waals surface area contributed by atoms with Gasteiger partial charge in [-0.05, 0) is 49.2 Å². The quantitative estimate of drug-likeness (QED) is 0.0606. The molecule has 60 heavy (non-hydrogen) atoms. The Kier molecular flexibility index (Phi) is 11.2. The minimum Gasteiger partial charge on any atom is -0.462 e. The molecule has 3 aromatic carbocycles. The smallest absolute Gasteiger partial charge is 0.341 e. The highest BCUT2D eigenvalue weighted by atomic mass is 32.2. The van der Waals surface area contributed by atoms with Crippen LogP contribution >= 0.6 is 46.2 Å². The Labute approximate surface area is 361 Å². The summed E-state index contributed by atoms with van der Waals surface area (Å²) in [6.07, 6.45) is 3.85. The third-order valence-corrected chi connectivity index (χ3v) is 15.2. The Hall–Kier alpha value is -5.92. The number of benzene rings is 3. The number of thiophene rings is 2. The zero-order valence-electron chi connectivity index (χ0n) is 32.5. The molecule has 0 N–H and O–H groups in total. The topological polar surface area (TPSA) is 95.6 Å². The van der Waals surface area contributed by atoms with Crippen molar-refractivity contribution >= 4 is 103 Å². The number of ether oxygens (including phenoxy) is 2. The fourth-order valence-electron chi connectivity index (χ4n) is 7.55. The number of hydrogen-bond acceptors (Lipinski definition) is 10. The van der Waals surface area contributed by atoms with Crippen molar-refractivity contribution in [2.45, 2.75) is 33.8 Å². The van der Waals surface area contributed by atoms with Crippen molar-refractivity contribution in [3.05, 3.63) is 177 Å². The predicted molar refractivity (Wildman–Crippen MR) is 243 cm³/mol. The first-order valence-electron chi connectivity index (χ1n) is 19.4. The summed E-state index contributed by atoms with van der Waals surface area (Å²) in [4.78, 5) is 56.6. The van der Waals surface area contributed by atoms with E-state index in [2.05, 4.69) is 12.1 Å². The number of carbonyl (C=O) groups excluding carboxylic acids is 4. The maximum Gasteiger partial charge on any atom is 0.341 e. The van der Waals surface area contributed by atoms with E-state index in [0.29, 0.717) is 65.3 Å². The van der Waals surface area contributed by atoms with E-state index < -0.39 is 11.9 Å². The second kappa shape index (κ2) is 17.0. The van der Waals surface area contributed by atoms with E-state index in [1.54, 1.807) is 61.6 Å². The highest BCUT2D eigenvalue weighted by molar-refractivity contribution is 8.01.